The number of rotatable bonds is 1. The molecule has 2 aromatic rings. The Morgan fingerprint density at radius 1 is 1.25 bits per heavy atom. The minimum Gasteiger partial charge on any atom is -0.316 e. The van der Waals surface area contributed by atoms with Crippen molar-refractivity contribution in [2.45, 2.75) is 25.2 Å². The zero-order chi connectivity index (χ0) is 10.8. The Hall–Kier alpha value is -1.42. The molecule has 1 saturated heterocycles. The fourth-order valence-corrected chi connectivity index (χ4v) is 2.38. The molecule has 0 bridgehead atoms. The second kappa shape index (κ2) is 4.22. The summed E-state index contributed by atoms with van der Waals surface area (Å²) in [5.41, 5.74) is 0.946. The molecule has 0 aromatic carbocycles. The summed E-state index contributed by atoms with van der Waals surface area (Å²) in [6, 6.07) is 6.03. The van der Waals surface area contributed by atoms with Crippen LogP contribution in [0, 0.1) is 0 Å². The first-order valence-electron chi connectivity index (χ1n) is 5.95. The monoisotopic (exact) mass is 216 g/mol. The summed E-state index contributed by atoms with van der Waals surface area (Å²) in [6.07, 6.45) is 5.81. The second-order valence-corrected chi connectivity index (χ2v) is 4.38. The van der Waals surface area contributed by atoms with Gasteiger partial charge in [0.05, 0.1) is 0 Å². The van der Waals surface area contributed by atoms with Crippen LogP contribution in [0.1, 0.15) is 31.0 Å². The Morgan fingerprint density at radius 2 is 2.25 bits per heavy atom. The third-order valence-corrected chi connectivity index (χ3v) is 3.25. The summed E-state index contributed by atoms with van der Waals surface area (Å²) in [5.74, 6) is 1.60. The van der Waals surface area contributed by atoms with Crippen molar-refractivity contribution in [3.8, 4) is 0 Å². The SMILES string of the molecule is c1ccn2c(C3CCCCNC3)nnc2c1. The van der Waals surface area contributed by atoms with Gasteiger partial charge in [-0.15, -0.1) is 10.2 Å². The number of pyridine rings is 1. The van der Waals surface area contributed by atoms with E-state index < -0.39 is 0 Å². The van der Waals surface area contributed by atoms with Crippen LogP contribution >= 0.6 is 0 Å². The van der Waals surface area contributed by atoms with Crippen molar-refractivity contribution in [2.24, 2.45) is 0 Å². The summed E-state index contributed by atoms with van der Waals surface area (Å²) in [5, 5.41) is 12.0. The molecule has 3 rings (SSSR count). The summed E-state index contributed by atoms with van der Waals surface area (Å²) >= 11 is 0. The Labute approximate surface area is 94.7 Å². The molecule has 0 spiro atoms. The quantitative estimate of drug-likeness (QED) is 0.787. The molecule has 1 atom stereocenters. The van der Waals surface area contributed by atoms with Crippen LogP contribution in [0.4, 0.5) is 0 Å². The van der Waals surface area contributed by atoms with Crippen molar-refractivity contribution in [1.29, 1.82) is 0 Å². The van der Waals surface area contributed by atoms with Gasteiger partial charge in [0.25, 0.3) is 0 Å². The van der Waals surface area contributed by atoms with Crippen LogP contribution in [0.25, 0.3) is 5.65 Å². The van der Waals surface area contributed by atoms with Gasteiger partial charge in [-0.3, -0.25) is 4.40 Å². The zero-order valence-corrected chi connectivity index (χ0v) is 9.26. The first-order chi connectivity index (χ1) is 7.95. The highest BCUT2D eigenvalue weighted by Crippen LogP contribution is 2.22. The molecule has 3 heterocycles. The minimum absolute atomic E-state index is 0.500. The van der Waals surface area contributed by atoms with E-state index in [2.05, 4.69) is 26.1 Å². The lowest BCUT2D eigenvalue weighted by Crippen LogP contribution is -2.20. The Balaban J connectivity index is 1.97. The van der Waals surface area contributed by atoms with Gasteiger partial charge in [0.1, 0.15) is 5.82 Å². The second-order valence-electron chi connectivity index (χ2n) is 4.38. The maximum absolute atomic E-state index is 4.33. The van der Waals surface area contributed by atoms with Crippen molar-refractivity contribution in [1.82, 2.24) is 19.9 Å². The first kappa shape index (κ1) is 9.78. The van der Waals surface area contributed by atoms with Crippen LogP contribution < -0.4 is 5.32 Å². The molecular formula is C12H16N4. The van der Waals surface area contributed by atoms with E-state index in [-0.39, 0.29) is 0 Å². The third-order valence-electron chi connectivity index (χ3n) is 3.25. The maximum Gasteiger partial charge on any atom is 0.160 e. The van der Waals surface area contributed by atoms with Crippen LogP contribution in [-0.4, -0.2) is 27.7 Å². The van der Waals surface area contributed by atoms with E-state index in [1.807, 2.05) is 18.2 Å². The average Bonchev–Trinajstić information content (AvgIpc) is 2.57. The molecule has 0 radical (unpaired) electrons. The van der Waals surface area contributed by atoms with Gasteiger partial charge in [0.2, 0.25) is 0 Å². The molecule has 1 fully saturated rings. The van der Waals surface area contributed by atoms with Gasteiger partial charge in [-0.1, -0.05) is 12.5 Å². The standard InChI is InChI=1S/C12H16N4/c1-3-7-13-9-10(5-1)12-15-14-11-6-2-4-8-16(11)12/h2,4,6,8,10,13H,1,3,5,7,9H2. The molecule has 0 aliphatic carbocycles. The van der Waals surface area contributed by atoms with E-state index in [9.17, 15) is 0 Å². The highest BCUT2D eigenvalue weighted by Gasteiger charge is 2.19. The van der Waals surface area contributed by atoms with Crippen LogP contribution in [0.5, 0.6) is 0 Å². The van der Waals surface area contributed by atoms with Gasteiger partial charge in [0.15, 0.2) is 5.65 Å². The summed E-state index contributed by atoms with van der Waals surface area (Å²) in [6.45, 7) is 2.16. The van der Waals surface area contributed by atoms with Gasteiger partial charge in [0, 0.05) is 18.7 Å². The van der Waals surface area contributed by atoms with Crippen molar-refractivity contribution in [2.75, 3.05) is 13.1 Å². The molecular weight excluding hydrogens is 200 g/mol. The van der Waals surface area contributed by atoms with Crippen LogP contribution in [-0.2, 0) is 0 Å². The van der Waals surface area contributed by atoms with Gasteiger partial charge in [-0.25, -0.2) is 0 Å². The van der Waals surface area contributed by atoms with Crippen LogP contribution in [0.2, 0.25) is 0 Å². The van der Waals surface area contributed by atoms with E-state index in [0.717, 1.165) is 24.6 Å². The van der Waals surface area contributed by atoms with E-state index in [4.69, 9.17) is 0 Å². The highest BCUT2D eigenvalue weighted by molar-refractivity contribution is 5.37. The normalized spacial score (nSPS) is 22.1. The van der Waals surface area contributed by atoms with Gasteiger partial charge < -0.3 is 5.32 Å². The van der Waals surface area contributed by atoms with Gasteiger partial charge in [-0.2, -0.15) is 0 Å². The van der Waals surface area contributed by atoms with Crippen molar-refractivity contribution >= 4 is 5.65 Å². The Kier molecular flexibility index (Phi) is 2.58. The fraction of sp³-hybridized carbons (Fsp3) is 0.500. The predicted molar refractivity (Wildman–Crippen MR) is 62.4 cm³/mol. The lowest BCUT2D eigenvalue weighted by molar-refractivity contribution is 0.572. The van der Waals surface area contributed by atoms with Gasteiger partial charge >= 0.3 is 0 Å². The number of aromatic nitrogens is 3. The Morgan fingerprint density at radius 3 is 3.25 bits per heavy atom. The lowest BCUT2D eigenvalue weighted by atomic mass is 10.0. The molecule has 0 amide bonds. The van der Waals surface area contributed by atoms with Crippen molar-refractivity contribution < 1.29 is 0 Å². The molecule has 1 N–H and O–H groups in total. The third kappa shape index (κ3) is 1.69. The molecule has 1 aliphatic rings. The van der Waals surface area contributed by atoms with Crippen molar-refractivity contribution in [3.05, 3.63) is 30.2 Å². The molecule has 1 unspecified atom stereocenters. The molecule has 16 heavy (non-hydrogen) atoms. The molecule has 1 aliphatic heterocycles. The Bertz CT molecular complexity index is 469. The van der Waals surface area contributed by atoms with Crippen LogP contribution in [0.3, 0.4) is 0 Å². The average molecular weight is 216 g/mol. The molecule has 0 saturated carbocycles. The molecule has 2 aromatic heterocycles. The largest absolute Gasteiger partial charge is 0.316 e. The fourth-order valence-electron chi connectivity index (χ4n) is 2.38. The smallest absolute Gasteiger partial charge is 0.160 e. The van der Waals surface area contributed by atoms with E-state index >= 15 is 0 Å². The highest BCUT2D eigenvalue weighted by atomic mass is 15.2. The van der Waals surface area contributed by atoms with E-state index in [1.165, 1.54) is 19.3 Å². The minimum atomic E-state index is 0.500. The number of hydrogen-bond donors (Lipinski definition) is 1. The van der Waals surface area contributed by atoms with E-state index in [1.54, 1.807) is 0 Å². The number of hydrogen-bond acceptors (Lipinski definition) is 3. The lowest BCUT2D eigenvalue weighted by Gasteiger charge is -2.11. The topological polar surface area (TPSA) is 42.2 Å². The van der Waals surface area contributed by atoms with E-state index in [0.29, 0.717) is 5.92 Å². The number of nitrogens with one attached hydrogen (secondary N) is 1. The zero-order valence-electron chi connectivity index (χ0n) is 9.26. The summed E-state index contributed by atoms with van der Waals surface area (Å²) in [4.78, 5) is 0. The number of fused-ring (bicyclic) bond motifs is 1. The molecule has 4 heteroatoms. The van der Waals surface area contributed by atoms with Crippen LogP contribution in [0.15, 0.2) is 24.4 Å². The maximum atomic E-state index is 4.33. The molecule has 84 valence electrons. The summed E-state index contributed by atoms with van der Waals surface area (Å²) < 4.78 is 2.11. The van der Waals surface area contributed by atoms with Crippen molar-refractivity contribution in [3.63, 3.8) is 0 Å². The number of nitrogens with zero attached hydrogens (tertiary/aromatic N) is 3. The molecule has 4 nitrogen and oxygen atoms in total. The first-order valence-corrected chi connectivity index (χ1v) is 5.95. The van der Waals surface area contributed by atoms with Gasteiger partial charge in [-0.05, 0) is 31.5 Å². The summed E-state index contributed by atoms with van der Waals surface area (Å²) in [7, 11) is 0. The predicted octanol–water partition coefficient (Wildman–Crippen LogP) is 1.59.